The second kappa shape index (κ2) is 6.68. The van der Waals surface area contributed by atoms with E-state index in [-0.39, 0.29) is 11.3 Å². The number of likely N-dealkylation sites (tertiary alicyclic amines) is 1. The number of aryl methyl sites for hydroxylation is 1. The standard InChI is InChI=1S/C25H29N2O2/c1-2-25(20-10-6-5-9-19(20)23(26)28)21-14-27(15-22(21)25)16-24(29)12-11-17-7-3-4-8-18(17)13-24/h3-9,21-22,29H,2,11-16H2,1H3,(H2,26,28). The van der Waals surface area contributed by atoms with E-state index in [2.05, 4.69) is 42.2 Å². The van der Waals surface area contributed by atoms with Gasteiger partial charge in [-0.3, -0.25) is 9.69 Å². The molecule has 3 N–H and O–H groups in total. The Hall–Kier alpha value is -2.17. The lowest BCUT2D eigenvalue weighted by Crippen LogP contribution is -2.47. The summed E-state index contributed by atoms with van der Waals surface area (Å²) >= 11 is 0. The van der Waals surface area contributed by atoms with Gasteiger partial charge in [0.2, 0.25) is 5.91 Å². The largest absolute Gasteiger partial charge is 0.388 e. The number of amides is 1. The Balaban J connectivity index is 1.31. The molecule has 3 atom stereocenters. The first-order chi connectivity index (χ1) is 14.0. The number of primary amides is 1. The SMILES string of the molecule is CCC1(c2[c]cccc2C(N)=O)C2CN(CC3(O)CCc4ccccc4C3)CC21. The number of nitrogens with zero attached hydrogens (tertiary/aromatic N) is 1. The van der Waals surface area contributed by atoms with Crippen molar-refractivity contribution >= 4 is 5.91 Å². The van der Waals surface area contributed by atoms with Crippen molar-refractivity contribution in [1.82, 2.24) is 4.90 Å². The van der Waals surface area contributed by atoms with Gasteiger partial charge in [-0.1, -0.05) is 43.3 Å². The first-order valence-corrected chi connectivity index (χ1v) is 10.8. The van der Waals surface area contributed by atoms with Crippen LogP contribution in [0.25, 0.3) is 0 Å². The molecule has 0 spiro atoms. The van der Waals surface area contributed by atoms with E-state index < -0.39 is 5.60 Å². The number of fused-ring (bicyclic) bond motifs is 2. The van der Waals surface area contributed by atoms with Crippen LogP contribution in [0, 0.1) is 17.9 Å². The molecule has 2 aliphatic carbocycles. The third-order valence-corrected chi connectivity index (χ3v) is 7.80. The lowest BCUT2D eigenvalue weighted by molar-refractivity contribution is -0.00666. The summed E-state index contributed by atoms with van der Waals surface area (Å²) in [7, 11) is 0. The van der Waals surface area contributed by atoms with Crippen molar-refractivity contribution in [2.75, 3.05) is 19.6 Å². The number of hydrogen-bond donors (Lipinski definition) is 2. The molecular formula is C25H29N2O2. The number of β-amino-alcohol motifs (C(OH)–C–C–N with tert-alkyl or cyclic N) is 1. The average molecular weight is 390 g/mol. The minimum absolute atomic E-state index is 0.0178. The molecule has 0 aromatic heterocycles. The highest BCUT2D eigenvalue weighted by atomic mass is 16.3. The van der Waals surface area contributed by atoms with Crippen LogP contribution in [-0.2, 0) is 18.3 Å². The second-order valence-corrected chi connectivity index (χ2v) is 9.29. The van der Waals surface area contributed by atoms with Gasteiger partial charge in [-0.05, 0) is 59.9 Å². The number of carbonyl (C=O) groups excluding carboxylic acids is 1. The van der Waals surface area contributed by atoms with Gasteiger partial charge in [0.25, 0.3) is 0 Å². The summed E-state index contributed by atoms with van der Waals surface area (Å²) in [6.45, 7) is 4.89. The van der Waals surface area contributed by atoms with Crippen LogP contribution in [0.5, 0.6) is 0 Å². The van der Waals surface area contributed by atoms with Crippen LogP contribution in [0.4, 0.5) is 0 Å². The predicted molar refractivity (Wildman–Crippen MR) is 113 cm³/mol. The van der Waals surface area contributed by atoms with E-state index in [0.29, 0.717) is 17.4 Å². The lowest BCUT2D eigenvalue weighted by atomic mass is 9.79. The highest BCUT2D eigenvalue weighted by Crippen LogP contribution is 2.66. The van der Waals surface area contributed by atoms with E-state index in [1.54, 1.807) is 0 Å². The van der Waals surface area contributed by atoms with Crippen molar-refractivity contribution in [2.24, 2.45) is 17.6 Å². The molecule has 29 heavy (non-hydrogen) atoms. The normalized spacial score (nSPS) is 33.2. The highest BCUT2D eigenvalue weighted by molar-refractivity contribution is 5.95. The monoisotopic (exact) mass is 389 g/mol. The van der Waals surface area contributed by atoms with Crippen LogP contribution in [0.1, 0.15) is 46.8 Å². The van der Waals surface area contributed by atoms with Crippen LogP contribution in [0.3, 0.4) is 0 Å². The molecule has 2 fully saturated rings. The number of aliphatic hydroxyl groups is 1. The summed E-state index contributed by atoms with van der Waals surface area (Å²) in [4.78, 5) is 14.4. The molecule has 4 heteroatoms. The van der Waals surface area contributed by atoms with Gasteiger partial charge in [-0.25, -0.2) is 0 Å². The van der Waals surface area contributed by atoms with Crippen LogP contribution >= 0.6 is 0 Å². The molecule has 2 aromatic rings. The smallest absolute Gasteiger partial charge is 0.249 e. The third-order valence-electron chi connectivity index (χ3n) is 7.80. The molecule has 1 radical (unpaired) electrons. The van der Waals surface area contributed by atoms with Crippen molar-refractivity contribution in [1.29, 1.82) is 0 Å². The Morgan fingerprint density at radius 1 is 1.21 bits per heavy atom. The van der Waals surface area contributed by atoms with E-state index in [4.69, 9.17) is 5.73 Å². The second-order valence-electron chi connectivity index (χ2n) is 9.29. The molecule has 3 unspecified atom stereocenters. The summed E-state index contributed by atoms with van der Waals surface area (Å²) in [5.74, 6) is 0.675. The van der Waals surface area contributed by atoms with Crippen LogP contribution in [-0.4, -0.2) is 41.1 Å². The molecule has 0 bridgehead atoms. The molecule has 5 rings (SSSR count). The van der Waals surface area contributed by atoms with E-state index in [1.165, 1.54) is 11.1 Å². The van der Waals surface area contributed by atoms with Crippen LogP contribution in [0.2, 0.25) is 0 Å². The van der Waals surface area contributed by atoms with Crippen molar-refractivity contribution in [3.8, 4) is 0 Å². The van der Waals surface area contributed by atoms with Gasteiger partial charge >= 0.3 is 0 Å². The minimum Gasteiger partial charge on any atom is -0.388 e. The number of nitrogens with two attached hydrogens (primary N) is 1. The van der Waals surface area contributed by atoms with Gasteiger partial charge in [0.05, 0.1) is 5.60 Å². The molecule has 1 amide bonds. The van der Waals surface area contributed by atoms with Crippen LogP contribution < -0.4 is 5.73 Å². The van der Waals surface area contributed by atoms with Gasteiger partial charge in [0, 0.05) is 37.0 Å². The summed E-state index contributed by atoms with van der Waals surface area (Å²) in [6, 6.07) is 17.4. The average Bonchev–Trinajstić information content (AvgIpc) is 3.10. The zero-order valence-corrected chi connectivity index (χ0v) is 17.0. The lowest BCUT2D eigenvalue weighted by Gasteiger charge is -2.38. The summed E-state index contributed by atoms with van der Waals surface area (Å²) in [6.07, 6.45) is 3.51. The Kier molecular flexibility index (Phi) is 4.34. The van der Waals surface area contributed by atoms with Gasteiger partial charge < -0.3 is 10.8 Å². The molecule has 1 saturated heterocycles. The fourth-order valence-corrected chi connectivity index (χ4v) is 6.38. The Labute approximate surface area is 172 Å². The zero-order valence-electron chi connectivity index (χ0n) is 17.0. The molecule has 3 aliphatic rings. The fraction of sp³-hybridized carbons (Fsp3) is 0.480. The van der Waals surface area contributed by atoms with E-state index in [0.717, 1.165) is 50.9 Å². The van der Waals surface area contributed by atoms with Crippen molar-refractivity contribution < 1.29 is 9.90 Å². The number of piperidine rings is 1. The molecule has 151 valence electrons. The topological polar surface area (TPSA) is 66.6 Å². The van der Waals surface area contributed by atoms with Crippen molar-refractivity contribution in [3.05, 3.63) is 70.8 Å². The molecule has 1 heterocycles. The summed E-state index contributed by atoms with van der Waals surface area (Å²) in [5.41, 5.74) is 9.33. The Bertz CT molecular complexity index is 943. The van der Waals surface area contributed by atoms with Gasteiger partial charge in [-0.15, -0.1) is 0 Å². The van der Waals surface area contributed by atoms with E-state index in [9.17, 15) is 9.90 Å². The van der Waals surface area contributed by atoms with E-state index >= 15 is 0 Å². The maximum Gasteiger partial charge on any atom is 0.249 e. The Morgan fingerprint density at radius 2 is 1.93 bits per heavy atom. The van der Waals surface area contributed by atoms with Crippen LogP contribution in [0.15, 0.2) is 42.5 Å². The van der Waals surface area contributed by atoms with Crippen molar-refractivity contribution in [3.63, 3.8) is 0 Å². The van der Waals surface area contributed by atoms with E-state index in [1.807, 2.05) is 18.2 Å². The first kappa shape index (κ1) is 18.8. The number of carbonyl (C=O) groups is 1. The molecule has 2 aromatic carbocycles. The zero-order chi connectivity index (χ0) is 20.2. The number of rotatable bonds is 5. The molecule has 1 saturated carbocycles. The van der Waals surface area contributed by atoms with Gasteiger partial charge in [0.15, 0.2) is 0 Å². The molecule has 1 aliphatic heterocycles. The maximum absolute atomic E-state index is 12.0. The quantitative estimate of drug-likeness (QED) is 0.826. The summed E-state index contributed by atoms with van der Waals surface area (Å²) in [5, 5.41) is 11.3. The molecule has 4 nitrogen and oxygen atoms in total. The number of benzene rings is 2. The minimum atomic E-state index is -0.642. The summed E-state index contributed by atoms with van der Waals surface area (Å²) < 4.78 is 0. The Morgan fingerprint density at radius 3 is 2.62 bits per heavy atom. The van der Waals surface area contributed by atoms with Gasteiger partial charge in [-0.2, -0.15) is 0 Å². The fourth-order valence-electron chi connectivity index (χ4n) is 6.38. The third kappa shape index (κ3) is 2.92. The maximum atomic E-state index is 12.0. The first-order valence-electron chi connectivity index (χ1n) is 10.8. The predicted octanol–water partition coefficient (Wildman–Crippen LogP) is 2.72. The van der Waals surface area contributed by atoms with Gasteiger partial charge in [0.1, 0.15) is 0 Å². The van der Waals surface area contributed by atoms with Crippen molar-refractivity contribution in [2.45, 2.75) is 43.6 Å². The highest BCUT2D eigenvalue weighted by Gasteiger charge is 2.68. The molecular weight excluding hydrogens is 360 g/mol. The number of hydrogen-bond acceptors (Lipinski definition) is 3.